The van der Waals surface area contributed by atoms with E-state index in [-0.39, 0.29) is 31.1 Å². The van der Waals surface area contributed by atoms with Gasteiger partial charge < -0.3 is 15.2 Å². The number of nitrogens with one attached hydrogen (secondary N) is 1. The molecule has 0 bridgehead atoms. The van der Waals surface area contributed by atoms with E-state index >= 15 is 0 Å². The minimum absolute atomic E-state index is 0.00599. The van der Waals surface area contributed by atoms with E-state index in [4.69, 9.17) is 4.74 Å². The molecule has 1 heterocycles. The lowest BCUT2D eigenvalue weighted by atomic mass is 10.2. The standard InChI is InChI=1S/C17H22N4O5/c1-11-5-4-6-15(7-11)26-10-14(22)8-18-16(23)9-20-13(3)17(21(24)25)12(2)19-20/h4-7,14,22H,8-10H2,1-3H3,(H,18,23). The predicted octanol–water partition coefficient (Wildman–Crippen LogP) is 1.27. The van der Waals surface area contributed by atoms with E-state index < -0.39 is 16.9 Å². The van der Waals surface area contributed by atoms with E-state index in [2.05, 4.69) is 10.4 Å². The van der Waals surface area contributed by atoms with Crippen LogP contribution in [-0.2, 0) is 11.3 Å². The van der Waals surface area contributed by atoms with E-state index in [1.807, 2.05) is 25.1 Å². The third-order valence-electron chi connectivity index (χ3n) is 3.79. The number of aryl methyl sites for hydroxylation is 2. The lowest BCUT2D eigenvalue weighted by molar-refractivity contribution is -0.386. The molecule has 9 nitrogen and oxygen atoms in total. The number of nitro groups is 1. The van der Waals surface area contributed by atoms with Crippen molar-refractivity contribution >= 4 is 11.6 Å². The fourth-order valence-electron chi connectivity index (χ4n) is 2.49. The maximum atomic E-state index is 12.0. The molecule has 2 rings (SSSR count). The minimum atomic E-state index is -0.880. The number of ether oxygens (including phenoxy) is 1. The van der Waals surface area contributed by atoms with Crippen LogP contribution in [0, 0.1) is 30.9 Å². The minimum Gasteiger partial charge on any atom is -0.491 e. The van der Waals surface area contributed by atoms with Gasteiger partial charge in [0, 0.05) is 6.54 Å². The first-order chi connectivity index (χ1) is 12.3. The number of benzene rings is 1. The van der Waals surface area contributed by atoms with Crippen molar-refractivity contribution < 1.29 is 19.6 Å². The molecule has 140 valence electrons. The van der Waals surface area contributed by atoms with Gasteiger partial charge in [0.15, 0.2) is 0 Å². The van der Waals surface area contributed by atoms with E-state index in [0.717, 1.165) is 5.56 Å². The molecule has 1 unspecified atom stereocenters. The summed E-state index contributed by atoms with van der Waals surface area (Å²) < 4.78 is 6.75. The monoisotopic (exact) mass is 362 g/mol. The molecule has 26 heavy (non-hydrogen) atoms. The van der Waals surface area contributed by atoms with Crippen LogP contribution in [-0.4, -0.2) is 45.0 Å². The molecule has 1 aromatic heterocycles. The summed E-state index contributed by atoms with van der Waals surface area (Å²) in [7, 11) is 0. The van der Waals surface area contributed by atoms with Gasteiger partial charge in [-0.1, -0.05) is 12.1 Å². The summed E-state index contributed by atoms with van der Waals surface area (Å²) in [5.74, 6) is 0.241. The zero-order chi connectivity index (χ0) is 19.3. The first kappa shape index (κ1) is 19.4. The first-order valence-electron chi connectivity index (χ1n) is 8.10. The van der Waals surface area contributed by atoms with Crippen LogP contribution in [0.15, 0.2) is 24.3 Å². The summed E-state index contributed by atoms with van der Waals surface area (Å²) in [6.07, 6.45) is -0.880. The Morgan fingerprint density at radius 2 is 2.15 bits per heavy atom. The van der Waals surface area contributed by atoms with Gasteiger partial charge in [-0.25, -0.2) is 0 Å². The summed E-state index contributed by atoms with van der Waals surface area (Å²) in [4.78, 5) is 22.4. The number of rotatable bonds is 8. The Labute approximate surface area is 150 Å². The van der Waals surface area contributed by atoms with Crippen LogP contribution in [0.4, 0.5) is 5.69 Å². The van der Waals surface area contributed by atoms with Crippen molar-refractivity contribution in [3.8, 4) is 5.75 Å². The van der Waals surface area contributed by atoms with Crippen molar-refractivity contribution in [2.45, 2.75) is 33.4 Å². The highest BCUT2D eigenvalue weighted by atomic mass is 16.6. The SMILES string of the molecule is Cc1cccc(OCC(O)CNC(=O)Cn2nc(C)c([N+](=O)[O-])c2C)c1. The van der Waals surface area contributed by atoms with E-state index in [1.54, 1.807) is 6.07 Å². The Morgan fingerprint density at radius 3 is 2.77 bits per heavy atom. The summed E-state index contributed by atoms with van der Waals surface area (Å²) in [5, 5.41) is 27.5. The van der Waals surface area contributed by atoms with Crippen LogP contribution in [0.3, 0.4) is 0 Å². The number of aromatic nitrogens is 2. The van der Waals surface area contributed by atoms with Crippen LogP contribution < -0.4 is 10.1 Å². The van der Waals surface area contributed by atoms with Crippen LogP contribution >= 0.6 is 0 Å². The Morgan fingerprint density at radius 1 is 1.42 bits per heavy atom. The Hall–Kier alpha value is -2.94. The van der Waals surface area contributed by atoms with Crippen molar-refractivity contribution in [3.05, 3.63) is 51.3 Å². The molecule has 2 aromatic rings. The topological polar surface area (TPSA) is 120 Å². The lowest BCUT2D eigenvalue weighted by Crippen LogP contribution is -2.37. The van der Waals surface area contributed by atoms with Gasteiger partial charge in [0.25, 0.3) is 0 Å². The Balaban J connectivity index is 1.81. The van der Waals surface area contributed by atoms with E-state index in [0.29, 0.717) is 11.4 Å². The van der Waals surface area contributed by atoms with Crippen molar-refractivity contribution in [3.63, 3.8) is 0 Å². The van der Waals surface area contributed by atoms with Gasteiger partial charge in [0.2, 0.25) is 5.91 Å². The Bertz CT molecular complexity index is 802. The maximum Gasteiger partial charge on any atom is 0.312 e. The summed E-state index contributed by atoms with van der Waals surface area (Å²) in [6, 6.07) is 7.42. The van der Waals surface area contributed by atoms with Crippen molar-refractivity contribution in [1.82, 2.24) is 15.1 Å². The van der Waals surface area contributed by atoms with Crippen LogP contribution in [0.2, 0.25) is 0 Å². The summed E-state index contributed by atoms with van der Waals surface area (Å²) >= 11 is 0. The van der Waals surface area contributed by atoms with Gasteiger partial charge in [-0.15, -0.1) is 0 Å². The van der Waals surface area contributed by atoms with Gasteiger partial charge in [-0.2, -0.15) is 5.10 Å². The van der Waals surface area contributed by atoms with Crippen LogP contribution in [0.25, 0.3) is 0 Å². The molecule has 0 aliphatic heterocycles. The van der Waals surface area contributed by atoms with Gasteiger partial charge >= 0.3 is 5.69 Å². The number of nitrogens with zero attached hydrogens (tertiary/aromatic N) is 3. The highest BCUT2D eigenvalue weighted by Gasteiger charge is 2.22. The highest BCUT2D eigenvalue weighted by molar-refractivity contribution is 5.75. The van der Waals surface area contributed by atoms with Gasteiger partial charge in [0.1, 0.15) is 36.4 Å². The molecule has 1 amide bonds. The van der Waals surface area contributed by atoms with Crippen molar-refractivity contribution in [2.24, 2.45) is 0 Å². The molecule has 0 saturated carbocycles. The van der Waals surface area contributed by atoms with Crippen LogP contribution in [0.1, 0.15) is 17.0 Å². The number of hydrogen-bond donors (Lipinski definition) is 2. The molecule has 0 aliphatic carbocycles. The second kappa shape index (κ2) is 8.43. The fraction of sp³-hybridized carbons (Fsp3) is 0.412. The van der Waals surface area contributed by atoms with Crippen molar-refractivity contribution in [2.75, 3.05) is 13.2 Å². The number of amides is 1. The Kier molecular flexibility index (Phi) is 6.29. The first-order valence-corrected chi connectivity index (χ1v) is 8.10. The molecule has 0 spiro atoms. The molecule has 0 aliphatic rings. The number of carbonyl (C=O) groups is 1. The van der Waals surface area contributed by atoms with E-state index in [9.17, 15) is 20.0 Å². The summed E-state index contributed by atoms with van der Waals surface area (Å²) in [5.41, 5.74) is 1.52. The van der Waals surface area contributed by atoms with Gasteiger partial charge in [-0.05, 0) is 38.5 Å². The quantitative estimate of drug-likeness (QED) is 0.539. The highest BCUT2D eigenvalue weighted by Crippen LogP contribution is 2.21. The molecule has 1 atom stereocenters. The average Bonchev–Trinajstić information content (AvgIpc) is 2.84. The molecule has 2 N–H and O–H groups in total. The zero-order valence-electron chi connectivity index (χ0n) is 14.9. The van der Waals surface area contributed by atoms with Gasteiger partial charge in [-0.3, -0.25) is 19.6 Å². The summed E-state index contributed by atoms with van der Waals surface area (Å²) in [6.45, 7) is 4.88. The van der Waals surface area contributed by atoms with E-state index in [1.165, 1.54) is 18.5 Å². The maximum absolute atomic E-state index is 12.0. The second-order valence-corrected chi connectivity index (χ2v) is 6.02. The molecular weight excluding hydrogens is 340 g/mol. The number of hydrogen-bond acceptors (Lipinski definition) is 6. The molecule has 1 aromatic carbocycles. The number of aliphatic hydroxyl groups is 1. The normalized spacial score (nSPS) is 11.8. The predicted molar refractivity (Wildman–Crippen MR) is 94.0 cm³/mol. The molecule has 0 saturated heterocycles. The van der Waals surface area contributed by atoms with Crippen molar-refractivity contribution in [1.29, 1.82) is 0 Å². The number of aliphatic hydroxyl groups excluding tert-OH is 1. The zero-order valence-corrected chi connectivity index (χ0v) is 14.9. The molecule has 9 heteroatoms. The molecular formula is C17H22N4O5. The lowest BCUT2D eigenvalue weighted by Gasteiger charge is -2.14. The largest absolute Gasteiger partial charge is 0.491 e. The smallest absolute Gasteiger partial charge is 0.312 e. The molecule has 0 fully saturated rings. The van der Waals surface area contributed by atoms with Crippen LogP contribution in [0.5, 0.6) is 5.75 Å². The fourth-order valence-corrected chi connectivity index (χ4v) is 2.49. The molecule has 0 radical (unpaired) electrons. The third-order valence-corrected chi connectivity index (χ3v) is 3.79. The van der Waals surface area contributed by atoms with Gasteiger partial charge in [0.05, 0.1) is 4.92 Å². The second-order valence-electron chi connectivity index (χ2n) is 6.02. The number of carbonyl (C=O) groups excluding carboxylic acids is 1. The average molecular weight is 362 g/mol. The third kappa shape index (κ3) is 5.03.